The van der Waals surface area contributed by atoms with Crippen molar-refractivity contribution in [1.29, 1.82) is 0 Å². The summed E-state index contributed by atoms with van der Waals surface area (Å²) < 4.78 is 1.56. The molecule has 2 saturated heterocycles. The number of carbonyl (C=O) groups excluding carboxylic acids is 3. The van der Waals surface area contributed by atoms with Crippen molar-refractivity contribution in [3.63, 3.8) is 0 Å². The number of benzene rings is 1. The van der Waals surface area contributed by atoms with Crippen LogP contribution in [0.2, 0.25) is 0 Å². The Morgan fingerprint density at radius 1 is 1.11 bits per heavy atom. The monoisotopic (exact) mass is 368 g/mol. The van der Waals surface area contributed by atoms with Crippen LogP contribution in [0.4, 0.5) is 0 Å². The molecule has 3 amide bonds. The first kappa shape index (κ1) is 17.2. The Morgan fingerprint density at radius 2 is 1.85 bits per heavy atom. The lowest BCUT2D eigenvalue weighted by Crippen LogP contribution is -2.56. The fraction of sp³-hybridized carbons (Fsp3) is 0.389. The van der Waals surface area contributed by atoms with Crippen molar-refractivity contribution in [2.45, 2.75) is 24.9 Å². The number of hydrogen-bond acceptors (Lipinski definition) is 5. The third-order valence-corrected chi connectivity index (χ3v) is 5.13. The van der Waals surface area contributed by atoms with Gasteiger partial charge in [-0.05, 0) is 25.0 Å². The van der Waals surface area contributed by atoms with Crippen LogP contribution in [0.15, 0.2) is 36.5 Å². The Labute approximate surface area is 155 Å². The molecular formula is C18H20N6O3. The predicted molar refractivity (Wildman–Crippen MR) is 94.7 cm³/mol. The van der Waals surface area contributed by atoms with E-state index in [1.54, 1.807) is 26.6 Å². The largest absolute Gasteiger partial charge is 0.364 e. The smallest absolute Gasteiger partial charge is 0.270 e. The average molecular weight is 368 g/mol. The van der Waals surface area contributed by atoms with Crippen LogP contribution in [0.1, 0.15) is 39.7 Å². The molecule has 3 heterocycles. The maximum Gasteiger partial charge on any atom is 0.270 e. The second kappa shape index (κ2) is 6.82. The quantitative estimate of drug-likeness (QED) is 0.820. The van der Waals surface area contributed by atoms with Crippen LogP contribution >= 0.6 is 0 Å². The van der Waals surface area contributed by atoms with Gasteiger partial charge in [0.15, 0.2) is 5.69 Å². The highest BCUT2D eigenvalue weighted by molar-refractivity contribution is 5.98. The van der Waals surface area contributed by atoms with Crippen LogP contribution < -0.4 is 5.73 Å². The molecule has 4 rings (SSSR count). The SMILES string of the molecule is NC(=O)c1cn(C2CN(C(=O)C3CCCN3C(=O)c3ccccc3)C2)nn1. The van der Waals surface area contributed by atoms with Crippen LogP contribution in [0, 0.1) is 0 Å². The molecule has 0 radical (unpaired) electrons. The maximum absolute atomic E-state index is 12.9. The topological polar surface area (TPSA) is 114 Å². The molecule has 9 heteroatoms. The molecule has 0 spiro atoms. The lowest BCUT2D eigenvalue weighted by molar-refractivity contribution is -0.141. The number of likely N-dealkylation sites (tertiary alicyclic amines) is 2. The van der Waals surface area contributed by atoms with Gasteiger partial charge >= 0.3 is 0 Å². The van der Waals surface area contributed by atoms with Gasteiger partial charge in [-0.1, -0.05) is 23.4 Å². The molecule has 2 aromatic rings. The molecule has 1 unspecified atom stereocenters. The third-order valence-electron chi connectivity index (χ3n) is 5.13. The van der Waals surface area contributed by atoms with E-state index in [2.05, 4.69) is 10.3 Å². The number of carbonyl (C=O) groups is 3. The van der Waals surface area contributed by atoms with Crippen LogP contribution in [0.25, 0.3) is 0 Å². The van der Waals surface area contributed by atoms with E-state index in [0.717, 1.165) is 6.42 Å². The van der Waals surface area contributed by atoms with Crippen LogP contribution in [0.3, 0.4) is 0 Å². The second-order valence-corrected chi connectivity index (χ2v) is 6.87. The number of amides is 3. The lowest BCUT2D eigenvalue weighted by Gasteiger charge is -2.41. The van der Waals surface area contributed by atoms with E-state index in [1.165, 1.54) is 6.20 Å². The van der Waals surface area contributed by atoms with E-state index in [4.69, 9.17) is 5.73 Å². The van der Waals surface area contributed by atoms with Crippen molar-refractivity contribution in [3.05, 3.63) is 47.8 Å². The summed E-state index contributed by atoms with van der Waals surface area (Å²) in [7, 11) is 0. The summed E-state index contributed by atoms with van der Waals surface area (Å²) in [6.45, 7) is 1.54. The standard InChI is InChI=1S/C18H20N6O3/c19-16(25)14-11-24(21-20-14)13-9-22(10-13)18(27)15-7-4-8-23(15)17(26)12-5-2-1-3-6-12/h1-3,5-6,11,13,15H,4,7-10H2,(H2,19,25). The van der Waals surface area contributed by atoms with E-state index in [-0.39, 0.29) is 23.6 Å². The van der Waals surface area contributed by atoms with Crippen molar-refractivity contribution < 1.29 is 14.4 Å². The zero-order valence-electron chi connectivity index (χ0n) is 14.7. The molecule has 2 aliphatic rings. The molecule has 140 valence electrons. The highest BCUT2D eigenvalue weighted by Gasteiger charge is 2.41. The Bertz CT molecular complexity index is 874. The zero-order valence-corrected chi connectivity index (χ0v) is 14.7. The average Bonchev–Trinajstić information content (AvgIpc) is 3.30. The minimum Gasteiger partial charge on any atom is -0.364 e. The molecule has 0 saturated carbocycles. The highest BCUT2D eigenvalue weighted by atomic mass is 16.2. The summed E-state index contributed by atoms with van der Waals surface area (Å²) in [5.74, 6) is -0.774. The molecule has 2 N–H and O–H groups in total. The number of nitrogens with two attached hydrogens (primary N) is 1. The molecular weight excluding hydrogens is 348 g/mol. The van der Waals surface area contributed by atoms with E-state index >= 15 is 0 Å². The molecule has 2 aliphatic heterocycles. The lowest BCUT2D eigenvalue weighted by atomic mass is 10.1. The Morgan fingerprint density at radius 3 is 2.52 bits per heavy atom. The van der Waals surface area contributed by atoms with Gasteiger partial charge in [0, 0.05) is 25.2 Å². The number of hydrogen-bond donors (Lipinski definition) is 1. The molecule has 1 aromatic heterocycles. The second-order valence-electron chi connectivity index (χ2n) is 6.87. The van der Waals surface area contributed by atoms with Gasteiger partial charge in [-0.25, -0.2) is 4.68 Å². The Hall–Kier alpha value is -3.23. The summed E-state index contributed by atoms with van der Waals surface area (Å²) in [4.78, 5) is 40.1. The van der Waals surface area contributed by atoms with Gasteiger partial charge in [-0.3, -0.25) is 14.4 Å². The minimum atomic E-state index is -0.630. The maximum atomic E-state index is 12.9. The highest BCUT2D eigenvalue weighted by Crippen LogP contribution is 2.27. The Balaban J connectivity index is 1.39. The van der Waals surface area contributed by atoms with Gasteiger partial charge in [-0.2, -0.15) is 0 Å². The number of primary amides is 1. The van der Waals surface area contributed by atoms with Gasteiger partial charge in [0.25, 0.3) is 11.8 Å². The van der Waals surface area contributed by atoms with E-state index in [9.17, 15) is 14.4 Å². The molecule has 9 nitrogen and oxygen atoms in total. The molecule has 1 aromatic carbocycles. The number of aromatic nitrogens is 3. The van der Waals surface area contributed by atoms with Crippen LogP contribution in [-0.4, -0.2) is 68.2 Å². The summed E-state index contributed by atoms with van der Waals surface area (Å²) >= 11 is 0. The van der Waals surface area contributed by atoms with Gasteiger partial charge in [-0.15, -0.1) is 5.10 Å². The van der Waals surface area contributed by atoms with Crippen molar-refractivity contribution in [1.82, 2.24) is 24.8 Å². The van der Waals surface area contributed by atoms with Crippen molar-refractivity contribution in [3.8, 4) is 0 Å². The van der Waals surface area contributed by atoms with Crippen molar-refractivity contribution in [2.24, 2.45) is 5.73 Å². The molecule has 1 atom stereocenters. The molecule has 2 fully saturated rings. The first-order chi connectivity index (χ1) is 13.0. The first-order valence-corrected chi connectivity index (χ1v) is 8.91. The van der Waals surface area contributed by atoms with Gasteiger partial charge in [0.1, 0.15) is 6.04 Å². The third kappa shape index (κ3) is 3.16. The summed E-state index contributed by atoms with van der Waals surface area (Å²) in [5, 5.41) is 7.61. The normalized spacial score (nSPS) is 19.8. The Kier molecular flexibility index (Phi) is 4.35. The zero-order chi connectivity index (χ0) is 19.0. The van der Waals surface area contributed by atoms with E-state index in [0.29, 0.717) is 31.6 Å². The fourth-order valence-corrected chi connectivity index (χ4v) is 3.59. The fourth-order valence-electron chi connectivity index (χ4n) is 3.59. The van der Waals surface area contributed by atoms with Crippen LogP contribution in [0.5, 0.6) is 0 Å². The summed E-state index contributed by atoms with van der Waals surface area (Å²) in [6.07, 6.45) is 2.99. The number of nitrogens with zero attached hydrogens (tertiary/aromatic N) is 5. The number of rotatable bonds is 4. The van der Waals surface area contributed by atoms with Gasteiger partial charge in [0.2, 0.25) is 5.91 Å². The van der Waals surface area contributed by atoms with Gasteiger partial charge < -0.3 is 15.5 Å². The first-order valence-electron chi connectivity index (χ1n) is 8.91. The molecule has 0 bridgehead atoms. The summed E-state index contributed by atoms with van der Waals surface area (Å²) in [5.41, 5.74) is 5.88. The predicted octanol–water partition coefficient (Wildman–Crippen LogP) is 0.0651. The summed E-state index contributed by atoms with van der Waals surface area (Å²) in [6, 6.07) is 8.57. The van der Waals surface area contributed by atoms with E-state index in [1.807, 2.05) is 18.2 Å². The van der Waals surface area contributed by atoms with Crippen LogP contribution in [-0.2, 0) is 4.79 Å². The van der Waals surface area contributed by atoms with Crippen molar-refractivity contribution >= 4 is 17.7 Å². The molecule has 27 heavy (non-hydrogen) atoms. The van der Waals surface area contributed by atoms with E-state index < -0.39 is 11.9 Å². The molecule has 0 aliphatic carbocycles. The minimum absolute atomic E-state index is 0.0331. The van der Waals surface area contributed by atoms with Crippen molar-refractivity contribution in [2.75, 3.05) is 19.6 Å². The van der Waals surface area contributed by atoms with Gasteiger partial charge in [0.05, 0.1) is 12.2 Å².